The lowest BCUT2D eigenvalue weighted by molar-refractivity contribution is -0.134. The van der Waals surface area contributed by atoms with E-state index in [2.05, 4.69) is 22.1 Å². The first-order valence-electron chi connectivity index (χ1n) is 2.22. The molecule has 0 rings (SSSR count). The van der Waals surface area contributed by atoms with Crippen LogP contribution in [-0.4, -0.2) is 19.6 Å². The Labute approximate surface area is 58.4 Å². The summed E-state index contributed by atoms with van der Waals surface area (Å²) in [6.45, 7) is 3.31. The third-order valence-corrected chi connectivity index (χ3v) is 0.423. The van der Waals surface area contributed by atoms with Gasteiger partial charge in [0.2, 0.25) is 0 Å². The maximum Gasteiger partial charge on any atom is 0.329 e. The molecule has 0 saturated carbocycles. The fourth-order valence-electron chi connectivity index (χ4n) is 0.0833. The van der Waals surface area contributed by atoms with E-state index in [9.17, 15) is 4.79 Å². The first-order valence-corrected chi connectivity index (χ1v) is 2.22. The molecule has 0 amide bonds. The van der Waals surface area contributed by atoms with Crippen molar-refractivity contribution in [3.8, 4) is 0 Å². The number of hydrogen-bond donors (Lipinski definition) is 1. The first kappa shape index (κ1) is 11.4. The molecule has 0 bridgehead atoms. The SMILES string of the molecule is C=CC(=O)OC.NOC=O. The third-order valence-electron chi connectivity index (χ3n) is 0.423. The van der Waals surface area contributed by atoms with E-state index in [1.54, 1.807) is 0 Å². The number of nitrogens with two attached hydrogens (primary N) is 1. The zero-order chi connectivity index (χ0) is 8.41. The summed E-state index contributed by atoms with van der Waals surface area (Å²) in [5, 5.41) is 0. The second kappa shape index (κ2) is 10.6. The Morgan fingerprint density at radius 2 is 2.10 bits per heavy atom. The van der Waals surface area contributed by atoms with Crippen molar-refractivity contribution in [2.24, 2.45) is 5.90 Å². The second-order valence-electron chi connectivity index (χ2n) is 0.960. The molecular weight excluding hydrogens is 138 g/mol. The van der Waals surface area contributed by atoms with Gasteiger partial charge in [0.05, 0.1) is 7.11 Å². The van der Waals surface area contributed by atoms with Gasteiger partial charge >= 0.3 is 12.4 Å². The van der Waals surface area contributed by atoms with Crippen molar-refractivity contribution in [3.05, 3.63) is 12.7 Å². The van der Waals surface area contributed by atoms with Gasteiger partial charge < -0.3 is 9.57 Å². The Morgan fingerprint density at radius 3 is 2.10 bits per heavy atom. The summed E-state index contributed by atoms with van der Waals surface area (Å²) in [6, 6.07) is 0. The molecule has 0 aromatic heterocycles. The van der Waals surface area contributed by atoms with Gasteiger partial charge in [-0.3, -0.25) is 4.79 Å². The molecule has 0 spiro atoms. The van der Waals surface area contributed by atoms with Gasteiger partial charge in [-0.15, -0.1) is 0 Å². The highest BCUT2D eigenvalue weighted by molar-refractivity contribution is 5.80. The summed E-state index contributed by atoms with van der Waals surface area (Å²) in [7, 11) is 1.31. The highest BCUT2D eigenvalue weighted by Crippen LogP contribution is 1.67. The Kier molecular flexibility index (Phi) is 12.1. The van der Waals surface area contributed by atoms with Crippen LogP contribution in [0, 0.1) is 0 Å². The summed E-state index contributed by atoms with van der Waals surface area (Å²) in [5.41, 5.74) is 0. The van der Waals surface area contributed by atoms with Crippen LogP contribution in [0.1, 0.15) is 0 Å². The van der Waals surface area contributed by atoms with Crippen LogP contribution in [0.2, 0.25) is 0 Å². The van der Waals surface area contributed by atoms with E-state index in [0.717, 1.165) is 6.08 Å². The first-order chi connectivity index (χ1) is 4.72. The molecule has 2 N–H and O–H groups in total. The fourth-order valence-corrected chi connectivity index (χ4v) is 0.0833. The number of esters is 1. The second-order valence-corrected chi connectivity index (χ2v) is 0.960. The van der Waals surface area contributed by atoms with Crippen molar-refractivity contribution < 1.29 is 19.2 Å². The maximum atomic E-state index is 9.84. The molecule has 0 unspecified atom stereocenters. The molecule has 5 nitrogen and oxygen atoms in total. The predicted octanol–water partition coefficient (Wildman–Crippen LogP) is -0.622. The Morgan fingerprint density at radius 1 is 1.70 bits per heavy atom. The van der Waals surface area contributed by atoms with E-state index in [1.165, 1.54) is 7.11 Å². The van der Waals surface area contributed by atoms with Crippen LogP contribution >= 0.6 is 0 Å². The average Bonchev–Trinajstić information content (AvgIpc) is 2.03. The molecule has 10 heavy (non-hydrogen) atoms. The normalized spacial score (nSPS) is 6.20. The van der Waals surface area contributed by atoms with Crippen molar-refractivity contribution in [3.63, 3.8) is 0 Å². The minimum Gasteiger partial charge on any atom is -0.466 e. The molecule has 5 heteroatoms. The van der Waals surface area contributed by atoms with Gasteiger partial charge in [-0.1, -0.05) is 6.58 Å². The molecule has 0 aliphatic heterocycles. The van der Waals surface area contributed by atoms with E-state index in [1.807, 2.05) is 0 Å². The van der Waals surface area contributed by atoms with Gasteiger partial charge in [-0.25, -0.2) is 4.79 Å². The molecule has 0 aliphatic rings. The van der Waals surface area contributed by atoms with E-state index in [-0.39, 0.29) is 6.47 Å². The molecule has 0 saturated heterocycles. The summed E-state index contributed by atoms with van der Waals surface area (Å²) in [6.07, 6.45) is 1.11. The summed E-state index contributed by atoms with van der Waals surface area (Å²) < 4.78 is 4.14. The molecular formula is C5H9NO4. The number of carbonyl (C=O) groups is 2. The number of carbonyl (C=O) groups excluding carboxylic acids is 2. The zero-order valence-corrected chi connectivity index (χ0v) is 5.57. The van der Waals surface area contributed by atoms with E-state index >= 15 is 0 Å². The number of hydrogen-bond acceptors (Lipinski definition) is 5. The van der Waals surface area contributed by atoms with Crippen LogP contribution in [0.5, 0.6) is 0 Å². The molecule has 58 valence electrons. The van der Waals surface area contributed by atoms with Crippen molar-refractivity contribution in [1.82, 2.24) is 0 Å². The van der Waals surface area contributed by atoms with Crippen LogP contribution in [-0.2, 0) is 19.2 Å². The predicted molar refractivity (Wildman–Crippen MR) is 33.5 cm³/mol. The lowest BCUT2D eigenvalue weighted by atomic mass is 10.7. The van der Waals surface area contributed by atoms with Crippen molar-refractivity contribution in [2.45, 2.75) is 0 Å². The van der Waals surface area contributed by atoms with Crippen molar-refractivity contribution >= 4 is 12.4 Å². The van der Waals surface area contributed by atoms with Gasteiger partial charge in [-0.2, -0.15) is 5.90 Å². The Hall–Kier alpha value is -1.36. The van der Waals surface area contributed by atoms with Gasteiger partial charge in [0.1, 0.15) is 0 Å². The van der Waals surface area contributed by atoms with Crippen molar-refractivity contribution in [2.75, 3.05) is 7.11 Å². The Bertz CT molecular complexity index is 112. The molecule has 0 radical (unpaired) electrons. The van der Waals surface area contributed by atoms with Gasteiger partial charge in [-0.05, 0) is 0 Å². The highest BCUT2D eigenvalue weighted by atomic mass is 16.6. The minimum absolute atomic E-state index is 0.153. The zero-order valence-electron chi connectivity index (χ0n) is 5.57. The highest BCUT2D eigenvalue weighted by Gasteiger charge is 1.81. The lowest BCUT2D eigenvalue weighted by Crippen LogP contribution is -1.92. The fraction of sp³-hybridized carbons (Fsp3) is 0.200. The van der Waals surface area contributed by atoms with E-state index < -0.39 is 5.97 Å². The quantitative estimate of drug-likeness (QED) is 0.244. The minimum atomic E-state index is -0.394. The van der Waals surface area contributed by atoms with Crippen LogP contribution in [0.3, 0.4) is 0 Å². The smallest absolute Gasteiger partial charge is 0.329 e. The maximum absolute atomic E-state index is 9.84. The van der Waals surface area contributed by atoms with Gasteiger partial charge in [0.15, 0.2) is 0 Å². The van der Waals surface area contributed by atoms with Crippen LogP contribution < -0.4 is 5.90 Å². The van der Waals surface area contributed by atoms with Crippen LogP contribution in [0.15, 0.2) is 12.7 Å². The summed E-state index contributed by atoms with van der Waals surface area (Å²) >= 11 is 0. The number of ether oxygens (including phenoxy) is 1. The number of rotatable bonds is 2. The van der Waals surface area contributed by atoms with Crippen molar-refractivity contribution in [1.29, 1.82) is 0 Å². The van der Waals surface area contributed by atoms with Gasteiger partial charge in [0, 0.05) is 6.08 Å². The topological polar surface area (TPSA) is 78.6 Å². The van der Waals surface area contributed by atoms with E-state index in [0.29, 0.717) is 0 Å². The summed E-state index contributed by atoms with van der Waals surface area (Å²) in [5.74, 6) is 3.77. The van der Waals surface area contributed by atoms with Crippen LogP contribution in [0.25, 0.3) is 0 Å². The molecule has 0 aromatic carbocycles. The lowest BCUT2D eigenvalue weighted by Gasteiger charge is -1.83. The Balaban J connectivity index is 0. The molecule has 0 heterocycles. The van der Waals surface area contributed by atoms with E-state index in [4.69, 9.17) is 4.79 Å². The monoisotopic (exact) mass is 147 g/mol. The third kappa shape index (κ3) is 15.9. The molecule has 0 atom stereocenters. The van der Waals surface area contributed by atoms with Crippen LogP contribution in [0.4, 0.5) is 0 Å². The molecule has 0 aliphatic carbocycles. The molecule has 0 fully saturated rings. The van der Waals surface area contributed by atoms with Gasteiger partial charge in [0.25, 0.3) is 0 Å². The summed E-state index contributed by atoms with van der Waals surface area (Å²) in [4.78, 5) is 22.0. The average molecular weight is 147 g/mol. The largest absolute Gasteiger partial charge is 0.466 e. The molecule has 0 aromatic rings. The number of methoxy groups -OCH3 is 1. The standard InChI is InChI=1S/C4H6O2.CH3NO2/c1-3-4(5)6-2;2-4-1-3/h3H,1H2,2H3;1H,2H2.